The number of carbonyl (C=O) groups excluding carboxylic acids is 1. The minimum Gasteiger partial charge on any atom is -0.348 e. The first-order chi connectivity index (χ1) is 8.49. The van der Waals surface area contributed by atoms with Gasteiger partial charge in [-0.25, -0.2) is 0 Å². The summed E-state index contributed by atoms with van der Waals surface area (Å²) in [6.45, 7) is 9.35. The number of rotatable bonds is 6. The van der Waals surface area contributed by atoms with E-state index in [0.29, 0.717) is 18.4 Å². The van der Waals surface area contributed by atoms with Gasteiger partial charge in [0.2, 0.25) is 5.91 Å². The molecular weight excluding hydrogens is 226 g/mol. The Morgan fingerprint density at radius 1 is 1.44 bits per heavy atom. The number of piperidine rings is 1. The molecule has 0 aromatic rings. The molecule has 0 aliphatic carbocycles. The number of likely N-dealkylation sites (tertiary alicyclic amines) is 1. The zero-order valence-electron chi connectivity index (χ0n) is 12.4. The van der Waals surface area contributed by atoms with Crippen LogP contribution in [0.15, 0.2) is 0 Å². The summed E-state index contributed by atoms with van der Waals surface area (Å²) in [6, 6.07) is 0. The van der Waals surface area contributed by atoms with Gasteiger partial charge in [0.25, 0.3) is 0 Å². The molecule has 1 atom stereocenters. The van der Waals surface area contributed by atoms with Gasteiger partial charge < -0.3 is 10.2 Å². The second-order valence-electron chi connectivity index (χ2n) is 6.08. The van der Waals surface area contributed by atoms with Crippen molar-refractivity contribution in [3.8, 4) is 0 Å². The van der Waals surface area contributed by atoms with Crippen molar-refractivity contribution < 1.29 is 4.79 Å². The smallest absolute Gasteiger partial charge is 0.236 e. The van der Waals surface area contributed by atoms with Crippen molar-refractivity contribution in [2.24, 2.45) is 11.8 Å². The van der Waals surface area contributed by atoms with Gasteiger partial charge in [-0.2, -0.15) is 0 Å². The van der Waals surface area contributed by atoms with E-state index in [1.54, 1.807) is 4.90 Å². The molecule has 1 aliphatic rings. The Morgan fingerprint density at radius 3 is 2.78 bits per heavy atom. The van der Waals surface area contributed by atoms with E-state index in [4.69, 9.17) is 0 Å². The van der Waals surface area contributed by atoms with Crippen molar-refractivity contribution in [3.05, 3.63) is 0 Å². The maximum atomic E-state index is 11.7. The van der Waals surface area contributed by atoms with Gasteiger partial charge in [-0.3, -0.25) is 9.69 Å². The number of hydrogen-bond donors (Lipinski definition) is 1. The fourth-order valence-corrected chi connectivity index (χ4v) is 2.37. The number of nitrogens with zero attached hydrogens (tertiary/aromatic N) is 2. The summed E-state index contributed by atoms with van der Waals surface area (Å²) in [7, 11) is 3.65. The molecule has 1 heterocycles. The number of amides is 1. The van der Waals surface area contributed by atoms with Crippen molar-refractivity contribution in [2.75, 3.05) is 46.8 Å². The SMILES string of the molecule is CC(C)CNCC1CCCN(CC(=O)N(C)C)C1. The van der Waals surface area contributed by atoms with Gasteiger partial charge in [0.1, 0.15) is 0 Å². The highest BCUT2D eigenvalue weighted by molar-refractivity contribution is 5.77. The van der Waals surface area contributed by atoms with E-state index in [-0.39, 0.29) is 5.91 Å². The molecule has 1 fully saturated rings. The number of carbonyl (C=O) groups is 1. The molecule has 1 aliphatic heterocycles. The fraction of sp³-hybridized carbons (Fsp3) is 0.929. The van der Waals surface area contributed by atoms with Crippen LogP contribution in [0.1, 0.15) is 26.7 Å². The van der Waals surface area contributed by atoms with E-state index in [2.05, 4.69) is 24.1 Å². The van der Waals surface area contributed by atoms with Crippen molar-refractivity contribution >= 4 is 5.91 Å². The molecule has 4 heteroatoms. The molecule has 106 valence electrons. The zero-order chi connectivity index (χ0) is 13.5. The molecule has 0 aromatic carbocycles. The van der Waals surface area contributed by atoms with Crippen molar-refractivity contribution in [3.63, 3.8) is 0 Å². The molecule has 0 saturated carbocycles. The zero-order valence-corrected chi connectivity index (χ0v) is 12.4. The predicted octanol–water partition coefficient (Wildman–Crippen LogP) is 1.03. The summed E-state index contributed by atoms with van der Waals surface area (Å²) in [6.07, 6.45) is 2.51. The standard InChI is InChI=1S/C14H29N3O/c1-12(2)8-15-9-13-6-5-7-17(10-13)11-14(18)16(3)4/h12-13,15H,5-11H2,1-4H3. The minimum absolute atomic E-state index is 0.214. The van der Waals surface area contributed by atoms with Crippen molar-refractivity contribution in [1.29, 1.82) is 0 Å². The molecule has 0 spiro atoms. The number of likely N-dealkylation sites (N-methyl/N-ethyl adjacent to an activating group) is 1. The summed E-state index contributed by atoms with van der Waals surface area (Å²) in [4.78, 5) is 15.7. The average Bonchev–Trinajstić information content (AvgIpc) is 2.28. The first kappa shape index (κ1) is 15.4. The molecule has 18 heavy (non-hydrogen) atoms. The van der Waals surface area contributed by atoms with Crippen LogP contribution < -0.4 is 5.32 Å². The fourth-order valence-electron chi connectivity index (χ4n) is 2.37. The Bertz CT molecular complexity index is 253. The lowest BCUT2D eigenvalue weighted by molar-refractivity contribution is -0.130. The van der Waals surface area contributed by atoms with Gasteiger partial charge in [-0.1, -0.05) is 13.8 Å². The average molecular weight is 255 g/mol. The van der Waals surface area contributed by atoms with E-state index in [1.165, 1.54) is 12.8 Å². The lowest BCUT2D eigenvalue weighted by Gasteiger charge is -2.33. The first-order valence-electron chi connectivity index (χ1n) is 7.12. The Balaban J connectivity index is 2.25. The summed E-state index contributed by atoms with van der Waals surface area (Å²) in [5.41, 5.74) is 0. The van der Waals surface area contributed by atoms with Gasteiger partial charge in [0.05, 0.1) is 6.54 Å². The summed E-state index contributed by atoms with van der Waals surface area (Å²) < 4.78 is 0. The first-order valence-corrected chi connectivity index (χ1v) is 7.12. The molecule has 1 saturated heterocycles. The van der Waals surface area contributed by atoms with Crippen molar-refractivity contribution in [2.45, 2.75) is 26.7 Å². The second-order valence-corrected chi connectivity index (χ2v) is 6.08. The van der Waals surface area contributed by atoms with E-state index >= 15 is 0 Å². The Hall–Kier alpha value is -0.610. The molecule has 4 nitrogen and oxygen atoms in total. The van der Waals surface area contributed by atoms with Crippen LogP contribution in [0.3, 0.4) is 0 Å². The summed E-state index contributed by atoms with van der Waals surface area (Å²) in [5, 5.41) is 3.53. The molecule has 0 radical (unpaired) electrons. The highest BCUT2D eigenvalue weighted by Crippen LogP contribution is 2.15. The number of nitrogens with one attached hydrogen (secondary N) is 1. The highest BCUT2D eigenvalue weighted by Gasteiger charge is 2.21. The van der Waals surface area contributed by atoms with Crippen LogP contribution in [0.4, 0.5) is 0 Å². The molecular formula is C14H29N3O. The molecule has 1 rings (SSSR count). The molecule has 1 N–H and O–H groups in total. The van der Waals surface area contributed by atoms with Crippen LogP contribution in [-0.2, 0) is 4.79 Å². The Labute approximate surface area is 112 Å². The third-order valence-corrected chi connectivity index (χ3v) is 3.45. The van der Waals surface area contributed by atoms with Gasteiger partial charge in [0.15, 0.2) is 0 Å². The number of hydrogen-bond acceptors (Lipinski definition) is 3. The van der Waals surface area contributed by atoms with Gasteiger partial charge in [0, 0.05) is 20.6 Å². The topological polar surface area (TPSA) is 35.6 Å². The maximum absolute atomic E-state index is 11.7. The third-order valence-electron chi connectivity index (χ3n) is 3.45. The van der Waals surface area contributed by atoms with Crippen LogP contribution in [0.25, 0.3) is 0 Å². The minimum atomic E-state index is 0.214. The quantitative estimate of drug-likeness (QED) is 0.770. The normalized spacial score (nSPS) is 21.3. The van der Waals surface area contributed by atoms with Crippen LogP contribution in [0, 0.1) is 11.8 Å². The van der Waals surface area contributed by atoms with E-state index in [9.17, 15) is 4.79 Å². The molecule has 1 unspecified atom stereocenters. The largest absolute Gasteiger partial charge is 0.348 e. The lowest BCUT2D eigenvalue weighted by atomic mass is 9.98. The molecule has 0 aromatic heterocycles. The van der Waals surface area contributed by atoms with E-state index in [0.717, 1.165) is 26.2 Å². The predicted molar refractivity (Wildman–Crippen MR) is 75.6 cm³/mol. The van der Waals surface area contributed by atoms with E-state index in [1.807, 2.05) is 14.1 Å². The summed E-state index contributed by atoms with van der Waals surface area (Å²) in [5.74, 6) is 1.62. The van der Waals surface area contributed by atoms with Crippen LogP contribution in [0.2, 0.25) is 0 Å². The van der Waals surface area contributed by atoms with Crippen LogP contribution >= 0.6 is 0 Å². The second kappa shape index (κ2) is 7.74. The maximum Gasteiger partial charge on any atom is 0.236 e. The summed E-state index contributed by atoms with van der Waals surface area (Å²) >= 11 is 0. The molecule has 0 bridgehead atoms. The van der Waals surface area contributed by atoms with Gasteiger partial charge in [-0.05, 0) is 44.3 Å². The monoisotopic (exact) mass is 255 g/mol. The van der Waals surface area contributed by atoms with Crippen LogP contribution in [0.5, 0.6) is 0 Å². The molecule has 1 amide bonds. The highest BCUT2D eigenvalue weighted by atomic mass is 16.2. The van der Waals surface area contributed by atoms with Gasteiger partial charge >= 0.3 is 0 Å². The van der Waals surface area contributed by atoms with Crippen molar-refractivity contribution in [1.82, 2.24) is 15.1 Å². The Morgan fingerprint density at radius 2 is 2.17 bits per heavy atom. The van der Waals surface area contributed by atoms with Crippen LogP contribution in [-0.4, -0.2) is 62.5 Å². The lowest BCUT2D eigenvalue weighted by Crippen LogP contribution is -2.44. The van der Waals surface area contributed by atoms with E-state index < -0.39 is 0 Å². The Kier molecular flexibility index (Phi) is 6.65. The van der Waals surface area contributed by atoms with Gasteiger partial charge in [-0.15, -0.1) is 0 Å². The third kappa shape index (κ3) is 5.83.